The van der Waals surface area contributed by atoms with E-state index in [1.54, 1.807) is 17.0 Å². The summed E-state index contributed by atoms with van der Waals surface area (Å²) < 4.78 is 56.7. The van der Waals surface area contributed by atoms with Crippen LogP contribution in [0.5, 0.6) is 5.75 Å². The van der Waals surface area contributed by atoms with Gasteiger partial charge in [0.2, 0.25) is 12.3 Å². The molecule has 2 bridgehead atoms. The molecular formula is C20H24F2N6O3S. The number of hydrogen-bond acceptors (Lipinski definition) is 9. The van der Waals surface area contributed by atoms with E-state index in [0.717, 1.165) is 0 Å². The van der Waals surface area contributed by atoms with Crippen molar-refractivity contribution in [3.05, 3.63) is 18.3 Å². The monoisotopic (exact) mass is 466 g/mol. The number of pyridine rings is 1. The van der Waals surface area contributed by atoms with E-state index in [1.807, 2.05) is 4.90 Å². The van der Waals surface area contributed by atoms with Crippen molar-refractivity contribution >= 4 is 27.4 Å². The van der Waals surface area contributed by atoms with Crippen molar-refractivity contribution in [1.29, 1.82) is 0 Å². The third kappa shape index (κ3) is 3.80. The molecule has 4 atom stereocenters. The average Bonchev–Trinajstić information content (AvgIpc) is 3.42. The Hall–Kier alpha value is -2.76. The summed E-state index contributed by atoms with van der Waals surface area (Å²) in [4.78, 5) is 17.1. The molecular weight excluding hydrogens is 442 g/mol. The number of nitrogens with two attached hydrogens (primary N) is 1. The van der Waals surface area contributed by atoms with E-state index < -0.39 is 27.6 Å². The van der Waals surface area contributed by atoms with Crippen molar-refractivity contribution in [3.8, 4) is 17.0 Å². The van der Waals surface area contributed by atoms with E-state index in [4.69, 9.17) is 10.5 Å². The lowest BCUT2D eigenvalue weighted by atomic mass is 10.2. The molecule has 12 heteroatoms. The van der Waals surface area contributed by atoms with Gasteiger partial charge in [0.25, 0.3) is 0 Å². The van der Waals surface area contributed by atoms with Gasteiger partial charge in [0, 0.05) is 43.9 Å². The van der Waals surface area contributed by atoms with E-state index in [0.29, 0.717) is 49.0 Å². The summed E-state index contributed by atoms with van der Waals surface area (Å²) in [5.74, 6) is 1.18. The van der Waals surface area contributed by atoms with Crippen LogP contribution < -0.4 is 20.3 Å². The second-order valence-electron chi connectivity index (χ2n) is 8.51. The van der Waals surface area contributed by atoms with Crippen LogP contribution in [0.15, 0.2) is 18.3 Å². The lowest BCUT2D eigenvalue weighted by molar-refractivity contribution is 0.0866. The zero-order valence-corrected chi connectivity index (χ0v) is 18.3. The molecule has 9 nitrogen and oxygen atoms in total. The summed E-state index contributed by atoms with van der Waals surface area (Å²) in [6, 6.07) is 3.15. The Kier molecular flexibility index (Phi) is 5.06. The Morgan fingerprint density at radius 2 is 2.09 bits per heavy atom. The van der Waals surface area contributed by atoms with Gasteiger partial charge in [0.05, 0.1) is 23.2 Å². The van der Waals surface area contributed by atoms with Crippen LogP contribution in [-0.4, -0.2) is 72.6 Å². The van der Waals surface area contributed by atoms with Gasteiger partial charge in [-0.1, -0.05) is 0 Å². The molecule has 32 heavy (non-hydrogen) atoms. The summed E-state index contributed by atoms with van der Waals surface area (Å²) in [7, 11) is -3.07. The van der Waals surface area contributed by atoms with E-state index >= 15 is 0 Å². The number of nitrogens with zero attached hydrogens (tertiary/aromatic N) is 5. The van der Waals surface area contributed by atoms with E-state index in [2.05, 4.69) is 15.0 Å². The van der Waals surface area contributed by atoms with Gasteiger partial charge >= 0.3 is 0 Å². The molecule has 5 rings (SSSR count). The van der Waals surface area contributed by atoms with Gasteiger partial charge in [-0.15, -0.1) is 0 Å². The summed E-state index contributed by atoms with van der Waals surface area (Å²) in [6.07, 6.45) is -0.0558. The predicted molar refractivity (Wildman–Crippen MR) is 116 cm³/mol. The van der Waals surface area contributed by atoms with Crippen LogP contribution in [0.4, 0.5) is 26.4 Å². The summed E-state index contributed by atoms with van der Waals surface area (Å²) in [5, 5.41) is -0.402. The van der Waals surface area contributed by atoms with Crippen LogP contribution in [0.2, 0.25) is 0 Å². The zero-order chi connectivity index (χ0) is 22.6. The number of rotatable bonds is 5. The predicted octanol–water partition coefficient (Wildman–Crippen LogP) is 1.74. The van der Waals surface area contributed by atoms with Gasteiger partial charge in [0.1, 0.15) is 12.0 Å². The lowest BCUT2D eigenvalue weighted by Gasteiger charge is -2.29. The number of hydrogen-bond donors (Lipinski definition) is 1. The molecule has 1 unspecified atom stereocenters. The summed E-state index contributed by atoms with van der Waals surface area (Å²) >= 11 is 0. The molecule has 3 fully saturated rings. The van der Waals surface area contributed by atoms with E-state index in [9.17, 15) is 17.2 Å². The molecule has 2 aromatic rings. The van der Waals surface area contributed by atoms with Crippen LogP contribution >= 0.6 is 0 Å². The highest BCUT2D eigenvalue weighted by molar-refractivity contribution is 7.92. The maximum absolute atomic E-state index is 13.9. The Balaban J connectivity index is 1.55. The first kappa shape index (κ1) is 21.1. The van der Waals surface area contributed by atoms with Crippen LogP contribution in [0.3, 0.4) is 0 Å². The van der Waals surface area contributed by atoms with Gasteiger partial charge in [-0.2, -0.15) is 4.98 Å². The molecule has 3 aliphatic heterocycles. The standard InChI is InChI=1S/C20H24F2N6O3S/c1-11(21)31-17-4-12(7-24-19(17)23)16-6-18(26-20(25-16)27-3-2-13(22)8-27)28-9-15-5-14(28)10-32(15,29)30/h4,6-7,11,13-15H,2-3,5,8-10H2,1H3,(H2,23,24)/t11?,13-,14+,15+/m1/s1. The number of anilines is 3. The number of halogens is 2. The first-order chi connectivity index (χ1) is 15.2. The highest BCUT2D eigenvalue weighted by atomic mass is 32.2. The second-order valence-corrected chi connectivity index (χ2v) is 10.8. The van der Waals surface area contributed by atoms with Gasteiger partial charge in [0.15, 0.2) is 21.4 Å². The average molecular weight is 467 g/mol. The normalized spacial score (nSPS) is 27.2. The topological polar surface area (TPSA) is 115 Å². The SMILES string of the molecule is CC(F)Oc1cc(-c2cc(N3C[C@@H]4C[C@H]3CS4(=O)=O)nc(N3CC[C@@H](F)C3)n2)cnc1N. The zero-order valence-electron chi connectivity index (χ0n) is 17.5. The Morgan fingerprint density at radius 1 is 1.28 bits per heavy atom. The highest BCUT2D eigenvalue weighted by Gasteiger charge is 2.49. The fourth-order valence-electron chi connectivity index (χ4n) is 4.60. The Labute approximate surface area is 184 Å². The van der Waals surface area contributed by atoms with Crippen molar-refractivity contribution < 1.29 is 21.9 Å². The molecule has 0 radical (unpaired) electrons. The van der Waals surface area contributed by atoms with E-state index in [-0.39, 0.29) is 29.9 Å². The van der Waals surface area contributed by atoms with Crippen molar-refractivity contribution in [3.63, 3.8) is 0 Å². The smallest absolute Gasteiger partial charge is 0.236 e. The number of nitrogen functional groups attached to an aromatic ring is 1. The number of aromatic nitrogens is 3. The second kappa shape index (κ2) is 7.68. The molecule has 2 N–H and O–H groups in total. The molecule has 2 aromatic heterocycles. The van der Waals surface area contributed by atoms with Crippen LogP contribution in [0.1, 0.15) is 19.8 Å². The summed E-state index contributed by atoms with van der Waals surface area (Å²) in [5.41, 5.74) is 6.83. The van der Waals surface area contributed by atoms with Crippen molar-refractivity contribution in [2.45, 2.75) is 43.6 Å². The first-order valence-electron chi connectivity index (χ1n) is 10.5. The maximum atomic E-state index is 13.9. The minimum absolute atomic E-state index is 0.0506. The maximum Gasteiger partial charge on any atom is 0.236 e. The lowest BCUT2D eigenvalue weighted by Crippen LogP contribution is -2.41. The summed E-state index contributed by atoms with van der Waals surface area (Å²) in [6.45, 7) is 2.28. The van der Waals surface area contributed by atoms with Gasteiger partial charge in [-0.05, 0) is 18.9 Å². The molecule has 3 aliphatic rings. The fourth-order valence-corrected chi connectivity index (χ4v) is 6.63. The van der Waals surface area contributed by atoms with Crippen LogP contribution in [0.25, 0.3) is 11.3 Å². The number of ether oxygens (including phenoxy) is 1. The quantitative estimate of drug-likeness (QED) is 0.704. The minimum Gasteiger partial charge on any atom is -0.457 e. The van der Waals surface area contributed by atoms with Crippen LogP contribution in [0, 0.1) is 0 Å². The van der Waals surface area contributed by atoms with Gasteiger partial charge in [-0.25, -0.2) is 27.2 Å². The van der Waals surface area contributed by atoms with Crippen molar-refractivity contribution in [2.75, 3.05) is 40.9 Å². The highest BCUT2D eigenvalue weighted by Crippen LogP contribution is 2.38. The number of alkyl halides is 2. The van der Waals surface area contributed by atoms with Crippen molar-refractivity contribution in [1.82, 2.24) is 15.0 Å². The Bertz CT molecular complexity index is 1150. The molecule has 5 heterocycles. The fraction of sp³-hybridized carbons (Fsp3) is 0.550. The molecule has 0 saturated carbocycles. The van der Waals surface area contributed by atoms with Crippen molar-refractivity contribution in [2.24, 2.45) is 0 Å². The molecule has 172 valence electrons. The van der Waals surface area contributed by atoms with Gasteiger partial charge in [-0.3, -0.25) is 0 Å². The van der Waals surface area contributed by atoms with Gasteiger partial charge < -0.3 is 20.3 Å². The molecule has 0 amide bonds. The molecule has 0 spiro atoms. The molecule has 3 saturated heterocycles. The minimum atomic E-state index is -3.07. The molecule has 0 aliphatic carbocycles. The number of fused-ring (bicyclic) bond motifs is 2. The van der Waals surface area contributed by atoms with Crippen LogP contribution in [-0.2, 0) is 9.84 Å². The third-order valence-corrected chi connectivity index (χ3v) is 8.39. The van der Waals surface area contributed by atoms with E-state index in [1.165, 1.54) is 13.1 Å². The first-order valence-corrected chi connectivity index (χ1v) is 12.2. The third-order valence-electron chi connectivity index (χ3n) is 6.18. The number of sulfone groups is 1. The molecule has 0 aromatic carbocycles. The Morgan fingerprint density at radius 3 is 2.72 bits per heavy atom. The largest absolute Gasteiger partial charge is 0.457 e.